The molecule has 0 aromatic heterocycles. The number of para-hydroxylation sites is 1. The fourth-order valence-electron chi connectivity index (χ4n) is 1.74. The van der Waals surface area contributed by atoms with Crippen LogP contribution in [-0.2, 0) is 9.59 Å². The molecule has 1 amide bonds. The standard InChI is InChI=1S/C11H10ClNO3/c12-11(10(15)16)6-7-13(9(11)14)8-4-2-1-3-5-8/h1-5H,6-7H2,(H,15,16). The van der Waals surface area contributed by atoms with E-state index >= 15 is 0 Å². The van der Waals surface area contributed by atoms with E-state index in [1.165, 1.54) is 4.90 Å². The molecule has 1 unspecified atom stereocenters. The highest BCUT2D eigenvalue weighted by Crippen LogP contribution is 2.33. The Kier molecular flexibility index (Phi) is 2.59. The molecule has 16 heavy (non-hydrogen) atoms. The number of carboxylic acid groups (broad SMARTS) is 1. The van der Waals surface area contributed by atoms with Gasteiger partial charge in [-0.15, -0.1) is 0 Å². The summed E-state index contributed by atoms with van der Waals surface area (Å²) >= 11 is 5.81. The van der Waals surface area contributed by atoms with Gasteiger partial charge in [-0.3, -0.25) is 4.79 Å². The third kappa shape index (κ3) is 1.55. The molecule has 0 radical (unpaired) electrons. The number of alkyl halides is 1. The molecule has 2 rings (SSSR count). The maximum Gasteiger partial charge on any atom is 0.334 e. The summed E-state index contributed by atoms with van der Waals surface area (Å²) in [6, 6.07) is 8.91. The van der Waals surface area contributed by atoms with Gasteiger partial charge in [0.25, 0.3) is 5.91 Å². The van der Waals surface area contributed by atoms with E-state index in [1.54, 1.807) is 24.3 Å². The van der Waals surface area contributed by atoms with Gasteiger partial charge in [-0.05, 0) is 12.1 Å². The number of carbonyl (C=O) groups excluding carboxylic acids is 1. The number of carboxylic acids is 1. The highest BCUT2D eigenvalue weighted by molar-refractivity contribution is 6.47. The fourth-order valence-corrected chi connectivity index (χ4v) is 1.93. The van der Waals surface area contributed by atoms with Crippen LogP contribution in [0.4, 0.5) is 5.69 Å². The molecule has 0 bridgehead atoms. The number of rotatable bonds is 2. The Morgan fingerprint density at radius 3 is 2.50 bits per heavy atom. The number of benzene rings is 1. The summed E-state index contributed by atoms with van der Waals surface area (Å²) in [6.07, 6.45) is 0.123. The lowest BCUT2D eigenvalue weighted by Gasteiger charge is -2.18. The van der Waals surface area contributed by atoms with E-state index in [0.717, 1.165) is 0 Å². The number of nitrogens with zero attached hydrogens (tertiary/aromatic N) is 1. The van der Waals surface area contributed by atoms with Crippen LogP contribution in [0.15, 0.2) is 30.3 Å². The lowest BCUT2D eigenvalue weighted by atomic mass is 10.1. The molecule has 5 heteroatoms. The zero-order chi connectivity index (χ0) is 11.8. The van der Waals surface area contributed by atoms with E-state index in [9.17, 15) is 9.59 Å². The van der Waals surface area contributed by atoms with E-state index < -0.39 is 16.8 Å². The number of anilines is 1. The van der Waals surface area contributed by atoms with Crippen molar-refractivity contribution in [3.05, 3.63) is 30.3 Å². The first-order chi connectivity index (χ1) is 7.55. The summed E-state index contributed by atoms with van der Waals surface area (Å²) in [5, 5.41) is 8.93. The van der Waals surface area contributed by atoms with Gasteiger partial charge in [-0.1, -0.05) is 29.8 Å². The second-order valence-electron chi connectivity index (χ2n) is 3.65. The van der Waals surface area contributed by atoms with Crippen LogP contribution in [0.5, 0.6) is 0 Å². The lowest BCUT2D eigenvalue weighted by Crippen LogP contribution is -2.42. The molecule has 1 aliphatic heterocycles. The van der Waals surface area contributed by atoms with Crippen LogP contribution in [0.25, 0.3) is 0 Å². The van der Waals surface area contributed by atoms with Gasteiger partial charge in [0.2, 0.25) is 4.87 Å². The molecule has 0 aliphatic carbocycles. The molecule has 1 saturated heterocycles. The average Bonchev–Trinajstić information content (AvgIpc) is 2.59. The van der Waals surface area contributed by atoms with Crippen molar-refractivity contribution in [2.75, 3.05) is 11.4 Å². The molecule has 0 saturated carbocycles. The molecular formula is C11H10ClNO3. The Hall–Kier alpha value is -1.55. The minimum Gasteiger partial charge on any atom is -0.480 e. The number of carbonyl (C=O) groups is 2. The molecule has 1 aromatic carbocycles. The normalized spacial score (nSPS) is 24.8. The van der Waals surface area contributed by atoms with Crippen LogP contribution in [0.1, 0.15) is 6.42 Å². The highest BCUT2D eigenvalue weighted by atomic mass is 35.5. The minimum atomic E-state index is -1.80. The average molecular weight is 240 g/mol. The van der Waals surface area contributed by atoms with Crippen molar-refractivity contribution in [1.29, 1.82) is 0 Å². The van der Waals surface area contributed by atoms with E-state index in [4.69, 9.17) is 16.7 Å². The topological polar surface area (TPSA) is 57.6 Å². The first-order valence-corrected chi connectivity index (χ1v) is 5.23. The molecular weight excluding hydrogens is 230 g/mol. The molecule has 1 N–H and O–H groups in total. The van der Waals surface area contributed by atoms with E-state index in [1.807, 2.05) is 6.07 Å². The van der Waals surface area contributed by atoms with Gasteiger partial charge in [0, 0.05) is 18.7 Å². The maximum atomic E-state index is 11.9. The third-order valence-corrected chi connectivity index (χ3v) is 3.18. The molecule has 0 spiro atoms. The molecule has 84 valence electrons. The Balaban J connectivity index is 2.30. The van der Waals surface area contributed by atoms with Gasteiger partial charge in [0.15, 0.2) is 0 Å². The SMILES string of the molecule is O=C(O)C1(Cl)CCN(c2ccccc2)C1=O. The predicted octanol–water partition coefficient (Wildman–Crippen LogP) is 1.49. The van der Waals surface area contributed by atoms with Gasteiger partial charge < -0.3 is 10.0 Å². The van der Waals surface area contributed by atoms with Crippen LogP contribution in [0, 0.1) is 0 Å². The van der Waals surface area contributed by atoms with Gasteiger partial charge in [-0.2, -0.15) is 0 Å². The largest absolute Gasteiger partial charge is 0.480 e. The summed E-state index contributed by atoms with van der Waals surface area (Å²) in [4.78, 5) is 22.4. The fraction of sp³-hybridized carbons (Fsp3) is 0.273. The van der Waals surface area contributed by atoms with Gasteiger partial charge in [0.05, 0.1) is 0 Å². The van der Waals surface area contributed by atoms with Gasteiger partial charge in [0.1, 0.15) is 0 Å². The Morgan fingerprint density at radius 1 is 1.38 bits per heavy atom. The monoisotopic (exact) mass is 239 g/mol. The number of hydrogen-bond acceptors (Lipinski definition) is 2. The Labute approximate surface area is 97.4 Å². The summed E-state index contributed by atoms with van der Waals surface area (Å²) in [5.74, 6) is -1.84. The first-order valence-electron chi connectivity index (χ1n) is 4.85. The predicted molar refractivity (Wildman–Crippen MR) is 59.6 cm³/mol. The van der Waals surface area contributed by atoms with Crippen molar-refractivity contribution in [2.45, 2.75) is 11.3 Å². The smallest absolute Gasteiger partial charge is 0.334 e. The number of aliphatic carboxylic acids is 1. The van der Waals surface area contributed by atoms with Crippen molar-refractivity contribution in [1.82, 2.24) is 0 Å². The molecule has 1 heterocycles. The quantitative estimate of drug-likeness (QED) is 0.628. The lowest BCUT2D eigenvalue weighted by molar-refractivity contribution is -0.143. The molecule has 1 atom stereocenters. The zero-order valence-electron chi connectivity index (χ0n) is 8.39. The van der Waals surface area contributed by atoms with Crippen molar-refractivity contribution in [3.8, 4) is 0 Å². The number of halogens is 1. The highest BCUT2D eigenvalue weighted by Gasteiger charge is 2.52. The second-order valence-corrected chi connectivity index (χ2v) is 4.29. The Bertz CT molecular complexity index is 434. The van der Waals surface area contributed by atoms with Crippen molar-refractivity contribution in [2.24, 2.45) is 0 Å². The van der Waals surface area contributed by atoms with Crippen molar-refractivity contribution in [3.63, 3.8) is 0 Å². The van der Waals surface area contributed by atoms with Crippen molar-refractivity contribution >= 4 is 29.2 Å². The molecule has 1 fully saturated rings. The summed E-state index contributed by atoms with van der Waals surface area (Å²) < 4.78 is 0. The first kappa shape index (κ1) is 11.0. The number of hydrogen-bond donors (Lipinski definition) is 1. The molecule has 1 aromatic rings. The minimum absolute atomic E-state index is 0.123. The second kappa shape index (κ2) is 3.79. The van der Waals surface area contributed by atoms with Crippen LogP contribution in [0.3, 0.4) is 0 Å². The van der Waals surface area contributed by atoms with E-state index in [2.05, 4.69) is 0 Å². The summed E-state index contributed by atoms with van der Waals surface area (Å²) in [5.41, 5.74) is 0.677. The number of amides is 1. The van der Waals surface area contributed by atoms with Gasteiger partial charge in [-0.25, -0.2) is 4.79 Å². The maximum absolute atomic E-state index is 11.9. The van der Waals surface area contributed by atoms with Crippen LogP contribution < -0.4 is 4.90 Å². The summed E-state index contributed by atoms with van der Waals surface area (Å²) in [7, 11) is 0. The molecule has 4 nitrogen and oxygen atoms in total. The van der Waals surface area contributed by atoms with Crippen molar-refractivity contribution < 1.29 is 14.7 Å². The Morgan fingerprint density at radius 2 is 2.00 bits per heavy atom. The van der Waals surface area contributed by atoms with Gasteiger partial charge >= 0.3 is 5.97 Å². The van der Waals surface area contributed by atoms with E-state index in [-0.39, 0.29) is 6.42 Å². The third-order valence-electron chi connectivity index (χ3n) is 2.67. The molecule has 1 aliphatic rings. The van der Waals surface area contributed by atoms with Crippen LogP contribution >= 0.6 is 11.6 Å². The van der Waals surface area contributed by atoms with Crippen LogP contribution in [-0.4, -0.2) is 28.4 Å². The zero-order valence-corrected chi connectivity index (χ0v) is 9.15. The van der Waals surface area contributed by atoms with Crippen LogP contribution in [0.2, 0.25) is 0 Å². The summed E-state index contributed by atoms with van der Waals surface area (Å²) in [6.45, 7) is 0.332. The van der Waals surface area contributed by atoms with E-state index in [0.29, 0.717) is 12.2 Å².